The molecule has 1 saturated carbocycles. The highest BCUT2D eigenvalue weighted by molar-refractivity contribution is 5.83. The van der Waals surface area contributed by atoms with E-state index in [1.807, 2.05) is 0 Å². The Morgan fingerprint density at radius 3 is 2.68 bits per heavy atom. The van der Waals surface area contributed by atoms with E-state index in [1.54, 1.807) is 11.0 Å². The second-order valence-corrected chi connectivity index (χ2v) is 6.14. The maximum Gasteiger partial charge on any atom is 0.326 e. The number of nitrogens with one attached hydrogen (secondary N) is 1. The predicted octanol–water partition coefficient (Wildman–Crippen LogP) is 2.01. The molecule has 2 amide bonds. The molecule has 6 nitrogen and oxygen atoms in total. The van der Waals surface area contributed by atoms with Crippen LogP contribution in [0, 0.1) is 5.92 Å². The lowest BCUT2D eigenvalue weighted by atomic mass is 9.98. The summed E-state index contributed by atoms with van der Waals surface area (Å²) in [5.74, 6) is -0.879. The Labute approximate surface area is 131 Å². The fraction of sp³-hybridized carbons (Fsp3) is 0.750. The molecular weight excluding hydrogens is 284 g/mol. The van der Waals surface area contributed by atoms with E-state index in [2.05, 4.69) is 11.9 Å². The first kappa shape index (κ1) is 16.8. The number of carboxylic acids is 1. The van der Waals surface area contributed by atoms with Gasteiger partial charge < -0.3 is 20.1 Å². The lowest BCUT2D eigenvalue weighted by Gasteiger charge is -2.34. The maximum atomic E-state index is 12.4. The van der Waals surface area contributed by atoms with Crippen molar-refractivity contribution < 1.29 is 19.4 Å². The van der Waals surface area contributed by atoms with Gasteiger partial charge in [-0.1, -0.05) is 18.9 Å². The van der Waals surface area contributed by atoms with Crippen LogP contribution in [0.1, 0.15) is 38.5 Å². The van der Waals surface area contributed by atoms with E-state index < -0.39 is 12.0 Å². The fourth-order valence-corrected chi connectivity index (χ4v) is 3.36. The summed E-state index contributed by atoms with van der Waals surface area (Å²) in [6.45, 7) is 5.25. The van der Waals surface area contributed by atoms with Crippen molar-refractivity contribution in [2.24, 2.45) is 5.92 Å². The topological polar surface area (TPSA) is 78.9 Å². The first-order valence-corrected chi connectivity index (χ1v) is 8.12. The van der Waals surface area contributed by atoms with E-state index >= 15 is 0 Å². The van der Waals surface area contributed by atoms with E-state index in [4.69, 9.17) is 4.74 Å². The van der Waals surface area contributed by atoms with Gasteiger partial charge in [-0.15, -0.1) is 6.58 Å². The number of piperidine rings is 1. The third-order valence-corrected chi connectivity index (χ3v) is 4.53. The Hall–Kier alpha value is -1.56. The molecule has 2 atom stereocenters. The lowest BCUT2D eigenvalue weighted by molar-refractivity contribution is -0.140. The summed E-state index contributed by atoms with van der Waals surface area (Å²) in [4.78, 5) is 25.5. The van der Waals surface area contributed by atoms with Crippen LogP contribution < -0.4 is 5.32 Å². The highest BCUT2D eigenvalue weighted by Gasteiger charge is 2.34. The first-order valence-electron chi connectivity index (χ1n) is 8.12. The number of carbonyl (C=O) groups is 2. The number of hydrogen-bond acceptors (Lipinski definition) is 3. The molecule has 6 heteroatoms. The zero-order valence-corrected chi connectivity index (χ0v) is 13.0. The van der Waals surface area contributed by atoms with E-state index in [1.165, 1.54) is 0 Å². The molecule has 0 aromatic rings. The summed E-state index contributed by atoms with van der Waals surface area (Å²) in [6.07, 6.45) is 7.34. The Morgan fingerprint density at radius 2 is 2.05 bits per heavy atom. The van der Waals surface area contributed by atoms with Crippen molar-refractivity contribution in [2.75, 3.05) is 19.7 Å². The molecule has 2 aliphatic rings. The molecule has 0 bridgehead atoms. The molecule has 2 fully saturated rings. The Morgan fingerprint density at radius 1 is 1.32 bits per heavy atom. The predicted molar refractivity (Wildman–Crippen MR) is 82.7 cm³/mol. The van der Waals surface area contributed by atoms with Crippen LogP contribution in [0.4, 0.5) is 4.79 Å². The standard InChI is InChI=1S/C16H26N2O4/c1-2-10-22-13-8-5-9-18(11-13)16(21)17-14(15(19)20)12-6-3-4-7-12/h2,12-14H,1,3-11H2,(H,17,21)(H,19,20)/t13-,14+/m1/s1. The first-order chi connectivity index (χ1) is 10.6. The van der Waals surface area contributed by atoms with Gasteiger partial charge in [-0.2, -0.15) is 0 Å². The van der Waals surface area contributed by atoms with Crippen LogP contribution in [0.15, 0.2) is 12.7 Å². The van der Waals surface area contributed by atoms with Gasteiger partial charge in [0.25, 0.3) is 0 Å². The van der Waals surface area contributed by atoms with Gasteiger partial charge in [0.15, 0.2) is 0 Å². The van der Waals surface area contributed by atoms with E-state index in [0.717, 1.165) is 38.5 Å². The summed E-state index contributed by atoms with van der Waals surface area (Å²) in [7, 11) is 0. The van der Waals surface area contributed by atoms with Crippen molar-refractivity contribution in [3.8, 4) is 0 Å². The number of aliphatic carboxylic acids is 1. The molecule has 0 aromatic carbocycles. The molecule has 1 saturated heterocycles. The summed E-state index contributed by atoms with van der Waals surface area (Å²) in [6, 6.07) is -1.06. The molecule has 2 rings (SSSR count). The van der Waals surface area contributed by atoms with Gasteiger partial charge in [0, 0.05) is 13.1 Å². The molecule has 1 aliphatic heterocycles. The van der Waals surface area contributed by atoms with Gasteiger partial charge in [0.05, 0.1) is 12.7 Å². The average Bonchev–Trinajstić information content (AvgIpc) is 3.04. The summed E-state index contributed by atoms with van der Waals surface area (Å²) in [5, 5.41) is 12.1. The lowest BCUT2D eigenvalue weighted by Crippen LogP contribution is -2.53. The fourth-order valence-electron chi connectivity index (χ4n) is 3.36. The summed E-state index contributed by atoms with van der Waals surface area (Å²) in [5.41, 5.74) is 0. The van der Waals surface area contributed by atoms with Gasteiger partial charge in [-0.3, -0.25) is 0 Å². The zero-order chi connectivity index (χ0) is 15.9. The quantitative estimate of drug-likeness (QED) is 0.736. The van der Waals surface area contributed by atoms with Crippen molar-refractivity contribution in [3.63, 3.8) is 0 Å². The van der Waals surface area contributed by atoms with Crippen molar-refractivity contribution >= 4 is 12.0 Å². The van der Waals surface area contributed by atoms with E-state index in [-0.39, 0.29) is 18.1 Å². The molecule has 1 heterocycles. The third kappa shape index (κ3) is 4.47. The number of carbonyl (C=O) groups excluding carboxylic acids is 1. The van der Waals surface area contributed by atoms with Crippen molar-refractivity contribution in [2.45, 2.75) is 50.7 Å². The Balaban J connectivity index is 1.88. The minimum Gasteiger partial charge on any atom is -0.480 e. The zero-order valence-electron chi connectivity index (χ0n) is 13.0. The van der Waals surface area contributed by atoms with Gasteiger partial charge in [0.2, 0.25) is 0 Å². The molecule has 22 heavy (non-hydrogen) atoms. The van der Waals surface area contributed by atoms with Crippen LogP contribution in [0.3, 0.4) is 0 Å². The number of likely N-dealkylation sites (tertiary alicyclic amines) is 1. The molecule has 0 aromatic heterocycles. The molecule has 1 aliphatic carbocycles. The average molecular weight is 310 g/mol. The normalized spacial score (nSPS) is 24.0. The number of ether oxygens (including phenoxy) is 1. The van der Waals surface area contributed by atoms with Crippen LogP contribution in [0.25, 0.3) is 0 Å². The van der Waals surface area contributed by atoms with Crippen molar-refractivity contribution in [3.05, 3.63) is 12.7 Å². The molecule has 0 unspecified atom stereocenters. The highest BCUT2D eigenvalue weighted by atomic mass is 16.5. The van der Waals surface area contributed by atoms with Crippen LogP contribution in [0.5, 0.6) is 0 Å². The van der Waals surface area contributed by atoms with Gasteiger partial charge in [-0.25, -0.2) is 9.59 Å². The second-order valence-electron chi connectivity index (χ2n) is 6.14. The number of nitrogens with zero attached hydrogens (tertiary/aromatic N) is 1. The monoisotopic (exact) mass is 310 g/mol. The number of carboxylic acid groups (broad SMARTS) is 1. The largest absolute Gasteiger partial charge is 0.480 e. The number of rotatable bonds is 6. The number of hydrogen-bond donors (Lipinski definition) is 2. The number of amides is 2. The van der Waals surface area contributed by atoms with Gasteiger partial charge >= 0.3 is 12.0 Å². The minimum atomic E-state index is -0.934. The molecular formula is C16H26N2O4. The molecule has 124 valence electrons. The highest BCUT2D eigenvalue weighted by Crippen LogP contribution is 2.28. The van der Waals surface area contributed by atoms with Gasteiger partial charge in [0.1, 0.15) is 6.04 Å². The number of urea groups is 1. The van der Waals surface area contributed by atoms with Crippen LogP contribution in [0.2, 0.25) is 0 Å². The SMILES string of the molecule is C=CCO[C@@H]1CCCN(C(=O)N[C@H](C(=O)O)C2CCCC2)C1. The van der Waals surface area contributed by atoms with E-state index in [9.17, 15) is 14.7 Å². The van der Waals surface area contributed by atoms with Crippen molar-refractivity contribution in [1.29, 1.82) is 0 Å². The minimum absolute atomic E-state index is 0.00672. The van der Waals surface area contributed by atoms with Crippen LogP contribution in [-0.4, -0.2) is 53.8 Å². The second kappa shape index (κ2) is 8.17. The van der Waals surface area contributed by atoms with Crippen LogP contribution >= 0.6 is 0 Å². The third-order valence-electron chi connectivity index (χ3n) is 4.53. The Kier molecular flexibility index (Phi) is 6.24. The molecule has 2 N–H and O–H groups in total. The van der Waals surface area contributed by atoms with Crippen molar-refractivity contribution in [1.82, 2.24) is 10.2 Å². The summed E-state index contributed by atoms with van der Waals surface area (Å²) >= 11 is 0. The maximum absolute atomic E-state index is 12.4. The molecule has 0 spiro atoms. The van der Waals surface area contributed by atoms with E-state index in [0.29, 0.717) is 19.7 Å². The van der Waals surface area contributed by atoms with Crippen LogP contribution in [-0.2, 0) is 9.53 Å². The molecule has 0 radical (unpaired) electrons. The summed E-state index contributed by atoms with van der Waals surface area (Å²) < 4.78 is 5.61. The Bertz CT molecular complexity index is 407. The smallest absolute Gasteiger partial charge is 0.326 e. The van der Waals surface area contributed by atoms with Gasteiger partial charge in [-0.05, 0) is 31.6 Å².